The summed E-state index contributed by atoms with van der Waals surface area (Å²) in [6.45, 7) is 6.03. The first-order valence-electron chi connectivity index (χ1n) is 3.98. The van der Waals surface area contributed by atoms with Crippen LogP contribution in [0.3, 0.4) is 0 Å². The van der Waals surface area contributed by atoms with Gasteiger partial charge >= 0.3 is 0 Å². The fourth-order valence-corrected chi connectivity index (χ4v) is 0.569. The van der Waals surface area contributed by atoms with Crippen molar-refractivity contribution in [3.8, 4) is 0 Å². The quantitative estimate of drug-likeness (QED) is 0.610. The molecule has 72 valence electrons. The van der Waals surface area contributed by atoms with E-state index in [2.05, 4.69) is 5.32 Å². The van der Waals surface area contributed by atoms with Gasteiger partial charge in [-0.2, -0.15) is 0 Å². The topological polar surface area (TPSA) is 64.3 Å². The molecule has 0 rings (SSSR count). The summed E-state index contributed by atoms with van der Waals surface area (Å²) < 4.78 is 5.01. The van der Waals surface area contributed by atoms with Crippen molar-refractivity contribution in [2.24, 2.45) is 5.73 Å². The van der Waals surface area contributed by atoms with Gasteiger partial charge in [0, 0.05) is 13.7 Å². The zero-order valence-electron chi connectivity index (χ0n) is 8.18. The lowest BCUT2D eigenvalue weighted by atomic mass is 10.1. The second-order valence-corrected chi connectivity index (χ2v) is 3.42. The highest BCUT2D eigenvalue weighted by molar-refractivity contribution is 5.83. The van der Waals surface area contributed by atoms with Crippen LogP contribution in [0.15, 0.2) is 0 Å². The summed E-state index contributed by atoms with van der Waals surface area (Å²) in [6.07, 6.45) is 0.0867. The molecule has 0 heterocycles. The molecular weight excluding hydrogens is 156 g/mol. The summed E-state index contributed by atoms with van der Waals surface area (Å²) in [5.74, 6) is -0.356. The molecule has 0 aliphatic carbocycles. The Morgan fingerprint density at radius 1 is 1.67 bits per heavy atom. The van der Waals surface area contributed by atoms with Crippen LogP contribution in [-0.4, -0.2) is 31.2 Å². The van der Waals surface area contributed by atoms with E-state index < -0.39 is 5.54 Å². The largest absolute Gasteiger partial charge is 0.380 e. The highest BCUT2D eigenvalue weighted by atomic mass is 16.5. The van der Waals surface area contributed by atoms with Crippen LogP contribution in [0.5, 0.6) is 0 Å². The maximum absolute atomic E-state index is 10.8. The molecule has 1 unspecified atom stereocenters. The standard InChI is InChI=1S/C8H18N2O2/c1-6(12-4)5-10-8(2,3)7(9)11/h6,10H,5H2,1-4H3,(H2,9,11). The Bertz CT molecular complexity index is 157. The summed E-state index contributed by atoms with van der Waals surface area (Å²) in [6, 6.07) is 0. The van der Waals surface area contributed by atoms with Crippen LogP contribution in [-0.2, 0) is 9.53 Å². The predicted molar refractivity (Wildman–Crippen MR) is 47.7 cm³/mol. The van der Waals surface area contributed by atoms with E-state index in [1.807, 2.05) is 6.92 Å². The summed E-state index contributed by atoms with van der Waals surface area (Å²) >= 11 is 0. The molecule has 1 atom stereocenters. The van der Waals surface area contributed by atoms with E-state index in [4.69, 9.17) is 10.5 Å². The lowest BCUT2D eigenvalue weighted by molar-refractivity contribution is -0.123. The number of amides is 1. The molecule has 12 heavy (non-hydrogen) atoms. The van der Waals surface area contributed by atoms with E-state index in [0.717, 1.165) is 0 Å². The van der Waals surface area contributed by atoms with E-state index in [9.17, 15) is 4.79 Å². The Balaban J connectivity index is 3.83. The Morgan fingerprint density at radius 2 is 2.17 bits per heavy atom. The predicted octanol–water partition coefficient (Wildman–Crippen LogP) is -0.125. The third-order valence-corrected chi connectivity index (χ3v) is 1.85. The van der Waals surface area contributed by atoms with Gasteiger partial charge in [0.1, 0.15) is 0 Å². The van der Waals surface area contributed by atoms with Gasteiger partial charge in [-0.05, 0) is 20.8 Å². The molecule has 0 saturated heterocycles. The molecule has 0 fully saturated rings. The summed E-state index contributed by atoms with van der Waals surface area (Å²) in [5, 5.41) is 3.01. The van der Waals surface area contributed by atoms with Crippen LogP contribution in [0.4, 0.5) is 0 Å². The average molecular weight is 174 g/mol. The number of rotatable bonds is 5. The van der Waals surface area contributed by atoms with Gasteiger partial charge in [0.05, 0.1) is 11.6 Å². The summed E-state index contributed by atoms with van der Waals surface area (Å²) in [5.41, 5.74) is 4.50. The first-order valence-corrected chi connectivity index (χ1v) is 3.98. The minimum atomic E-state index is -0.660. The Labute approximate surface area is 73.5 Å². The van der Waals surface area contributed by atoms with E-state index in [1.54, 1.807) is 21.0 Å². The van der Waals surface area contributed by atoms with Gasteiger partial charge in [0.15, 0.2) is 0 Å². The molecule has 0 saturated carbocycles. The lowest BCUT2D eigenvalue weighted by Crippen LogP contribution is -2.52. The SMILES string of the molecule is COC(C)CNC(C)(C)C(N)=O. The minimum absolute atomic E-state index is 0.0867. The molecule has 0 aliphatic rings. The van der Waals surface area contributed by atoms with E-state index in [0.29, 0.717) is 6.54 Å². The molecule has 0 aromatic rings. The number of ether oxygens (including phenoxy) is 1. The van der Waals surface area contributed by atoms with Crippen molar-refractivity contribution in [3.05, 3.63) is 0 Å². The summed E-state index contributed by atoms with van der Waals surface area (Å²) in [4.78, 5) is 10.8. The second-order valence-electron chi connectivity index (χ2n) is 3.42. The van der Waals surface area contributed by atoms with Gasteiger partial charge in [0.2, 0.25) is 5.91 Å². The molecular formula is C8H18N2O2. The molecule has 0 aliphatic heterocycles. The van der Waals surface area contributed by atoms with Crippen molar-refractivity contribution in [1.29, 1.82) is 0 Å². The van der Waals surface area contributed by atoms with Crippen LogP contribution >= 0.6 is 0 Å². The van der Waals surface area contributed by atoms with Crippen LogP contribution in [0.1, 0.15) is 20.8 Å². The smallest absolute Gasteiger partial charge is 0.237 e. The Kier molecular flexibility index (Phi) is 4.20. The number of nitrogens with one attached hydrogen (secondary N) is 1. The molecule has 1 amide bonds. The number of primary amides is 1. The highest BCUT2D eigenvalue weighted by Gasteiger charge is 2.24. The lowest BCUT2D eigenvalue weighted by Gasteiger charge is -2.24. The number of carbonyl (C=O) groups excluding carboxylic acids is 1. The van der Waals surface area contributed by atoms with Gasteiger partial charge in [-0.25, -0.2) is 0 Å². The van der Waals surface area contributed by atoms with Crippen molar-refractivity contribution in [3.63, 3.8) is 0 Å². The molecule has 0 radical (unpaired) electrons. The number of hydrogen-bond donors (Lipinski definition) is 2. The zero-order valence-corrected chi connectivity index (χ0v) is 8.18. The van der Waals surface area contributed by atoms with E-state index in [1.165, 1.54) is 0 Å². The van der Waals surface area contributed by atoms with E-state index >= 15 is 0 Å². The third-order valence-electron chi connectivity index (χ3n) is 1.85. The monoisotopic (exact) mass is 174 g/mol. The van der Waals surface area contributed by atoms with Crippen LogP contribution < -0.4 is 11.1 Å². The van der Waals surface area contributed by atoms with E-state index in [-0.39, 0.29) is 12.0 Å². The van der Waals surface area contributed by atoms with Crippen molar-refractivity contribution in [2.45, 2.75) is 32.4 Å². The van der Waals surface area contributed by atoms with Gasteiger partial charge in [-0.3, -0.25) is 4.79 Å². The van der Waals surface area contributed by atoms with Gasteiger partial charge in [-0.1, -0.05) is 0 Å². The molecule has 4 nitrogen and oxygen atoms in total. The maximum atomic E-state index is 10.8. The van der Waals surface area contributed by atoms with Gasteiger partial charge < -0.3 is 15.8 Å². The molecule has 0 aromatic carbocycles. The molecule has 4 heteroatoms. The number of carbonyl (C=O) groups is 1. The minimum Gasteiger partial charge on any atom is -0.380 e. The van der Waals surface area contributed by atoms with Crippen molar-refractivity contribution < 1.29 is 9.53 Å². The maximum Gasteiger partial charge on any atom is 0.237 e. The molecule has 0 spiro atoms. The number of hydrogen-bond acceptors (Lipinski definition) is 3. The normalized spacial score (nSPS) is 14.3. The third kappa shape index (κ3) is 3.69. The van der Waals surface area contributed by atoms with Crippen LogP contribution in [0, 0.1) is 0 Å². The highest BCUT2D eigenvalue weighted by Crippen LogP contribution is 2.00. The van der Waals surface area contributed by atoms with Crippen molar-refractivity contribution in [2.75, 3.05) is 13.7 Å². The Hall–Kier alpha value is -0.610. The second kappa shape index (κ2) is 4.42. The molecule has 0 aromatic heterocycles. The first-order chi connectivity index (χ1) is 5.40. The van der Waals surface area contributed by atoms with Gasteiger partial charge in [0.25, 0.3) is 0 Å². The number of methoxy groups -OCH3 is 1. The Morgan fingerprint density at radius 3 is 2.50 bits per heavy atom. The van der Waals surface area contributed by atoms with Crippen LogP contribution in [0.2, 0.25) is 0 Å². The zero-order chi connectivity index (χ0) is 9.78. The fraction of sp³-hybridized carbons (Fsp3) is 0.875. The summed E-state index contributed by atoms with van der Waals surface area (Å²) in [7, 11) is 1.63. The first kappa shape index (κ1) is 11.4. The van der Waals surface area contributed by atoms with Crippen LogP contribution in [0.25, 0.3) is 0 Å². The van der Waals surface area contributed by atoms with Crippen molar-refractivity contribution >= 4 is 5.91 Å². The number of nitrogens with two attached hydrogens (primary N) is 1. The van der Waals surface area contributed by atoms with Gasteiger partial charge in [-0.15, -0.1) is 0 Å². The molecule has 0 bridgehead atoms. The fourth-order valence-electron chi connectivity index (χ4n) is 0.569. The average Bonchev–Trinajstić information content (AvgIpc) is 2.00. The van der Waals surface area contributed by atoms with Crippen molar-refractivity contribution in [1.82, 2.24) is 5.32 Å². The molecule has 3 N–H and O–H groups in total.